The van der Waals surface area contributed by atoms with Crippen LogP contribution in [0.15, 0.2) is 59.5 Å². The molecule has 0 spiro atoms. The van der Waals surface area contributed by atoms with Crippen LogP contribution in [-0.2, 0) is 23.1 Å². The normalized spacial score (nSPS) is 14.1. The van der Waals surface area contributed by atoms with E-state index in [2.05, 4.69) is 15.2 Å². The minimum Gasteiger partial charge on any atom is -0.381 e. The number of nitrogens with zero attached hydrogens (tertiary/aromatic N) is 2. The third kappa shape index (κ3) is 5.03. The van der Waals surface area contributed by atoms with Crippen LogP contribution in [0.4, 0.5) is 24.7 Å². The lowest BCUT2D eigenvalue weighted by atomic mass is 10.1. The summed E-state index contributed by atoms with van der Waals surface area (Å²) in [6.45, 7) is 3.22. The van der Waals surface area contributed by atoms with Crippen molar-refractivity contribution in [2.24, 2.45) is 0 Å². The smallest absolute Gasteiger partial charge is 0.268 e. The predicted molar refractivity (Wildman–Crippen MR) is 115 cm³/mol. The standard InChI is InChI=1S/C22H21F3N4O2S/c23-18-11-17(26-13-15-5-1-2-6-16(15)14-29-9-4-10-29)12-19(24)22(18)32(30,31)28-21-8-3-7-20(25)27-21/h1-3,5-8,11-12,26H,4,9-10,13-14H2,(H,27,28). The van der Waals surface area contributed by atoms with Crippen molar-refractivity contribution in [3.05, 3.63) is 83.3 Å². The van der Waals surface area contributed by atoms with Crippen LogP contribution >= 0.6 is 0 Å². The molecule has 1 aromatic heterocycles. The number of sulfonamides is 1. The molecule has 1 aliphatic heterocycles. The zero-order chi connectivity index (χ0) is 22.7. The Labute approximate surface area is 184 Å². The molecule has 0 saturated carbocycles. The number of aromatic nitrogens is 1. The van der Waals surface area contributed by atoms with Crippen LogP contribution in [-0.4, -0.2) is 31.4 Å². The Hall–Kier alpha value is -3.11. The van der Waals surface area contributed by atoms with Crippen LogP contribution in [0, 0.1) is 17.6 Å². The number of hydrogen-bond donors (Lipinski definition) is 2. The first-order chi connectivity index (χ1) is 15.3. The summed E-state index contributed by atoms with van der Waals surface area (Å²) in [5.41, 5.74) is 2.20. The third-order valence-corrected chi connectivity index (χ3v) is 6.57. The molecule has 0 amide bonds. The molecule has 2 aromatic carbocycles. The molecule has 1 aliphatic rings. The van der Waals surface area contributed by atoms with E-state index >= 15 is 0 Å². The van der Waals surface area contributed by atoms with Gasteiger partial charge in [-0.2, -0.15) is 4.39 Å². The summed E-state index contributed by atoms with van der Waals surface area (Å²) < 4.78 is 69.2. The molecule has 6 nitrogen and oxygen atoms in total. The highest BCUT2D eigenvalue weighted by Crippen LogP contribution is 2.26. The van der Waals surface area contributed by atoms with Gasteiger partial charge in [0, 0.05) is 18.8 Å². The Morgan fingerprint density at radius 3 is 2.25 bits per heavy atom. The number of halogens is 3. The minimum absolute atomic E-state index is 0.0987. The lowest BCUT2D eigenvalue weighted by molar-refractivity contribution is 0.172. The van der Waals surface area contributed by atoms with E-state index in [1.165, 1.54) is 18.6 Å². The Morgan fingerprint density at radius 2 is 1.62 bits per heavy atom. The molecule has 1 fully saturated rings. The number of likely N-dealkylation sites (tertiary alicyclic amines) is 1. The number of anilines is 2. The van der Waals surface area contributed by atoms with Crippen LogP contribution in [0.5, 0.6) is 0 Å². The molecular formula is C22H21F3N4O2S. The average Bonchev–Trinajstić information content (AvgIpc) is 2.68. The second-order valence-electron chi connectivity index (χ2n) is 7.47. The topological polar surface area (TPSA) is 74.3 Å². The summed E-state index contributed by atoms with van der Waals surface area (Å²) >= 11 is 0. The van der Waals surface area contributed by atoms with E-state index < -0.39 is 32.5 Å². The molecule has 2 N–H and O–H groups in total. The van der Waals surface area contributed by atoms with Gasteiger partial charge in [0.1, 0.15) is 17.5 Å². The molecule has 4 rings (SSSR count). The van der Waals surface area contributed by atoms with Crippen LogP contribution < -0.4 is 10.0 Å². The van der Waals surface area contributed by atoms with Crippen molar-refractivity contribution in [1.82, 2.24) is 9.88 Å². The fourth-order valence-corrected chi connectivity index (χ4v) is 4.56. The highest BCUT2D eigenvalue weighted by molar-refractivity contribution is 7.92. The van der Waals surface area contributed by atoms with Crippen molar-refractivity contribution in [3.8, 4) is 0 Å². The van der Waals surface area contributed by atoms with Gasteiger partial charge in [0.15, 0.2) is 4.90 Å². The molecule has 1 saturated heterocycles. The summed E-state index contributed by atoms with van der Waals surface area (Å²) in [6, 6.07) is 13.0. The van der Waals surface area contributed by atoms with Crippen molar-refractivity contribution in [2.45, 2.75) is 24.4 Å². The summed E-state index contributed by atoms with van der Waals surface area (Å²) in [4.78, 5) is 4.49. The predicted octanol–water partition coefficient (Wildman–Crippen LogP) is 4.12. The molecule has 2 heterocycles. The molecule has 0 bridgehead atoms. The van der Waals surface area contributed by atoms with Crippen LogP contribution in [0.1, 0.15) is 17.5 Å². The summed E-state index contributed by atoms with van der Waals surface area (Å²) in [5.74, 6) is -3.86. The number of nitrogens with one attached hydrogen (secondary N) is 2. The number of hydrogen-bond acceptors (Lipinski definition) is 5. The Bertz CT molecular complexity index is 1210. The SMILES string of the molecule is O=S(=O)(Nc1cccc(F)n1)c1c(F)cc(NCc2ccccc2CN2CCC2)cc1F. The van der Waals surface area contributed by atoms with Gasteiger partial charge >= 0.3 is 0 Å². The van der Waals surface area contributed by atoms with E-state index in [0.29, 0.717) is 6.54 Å². The van der Waals surface area contributed by atoms with Gasteiger partial charge in [-0.25, -0.2) is 22.2 Å². The molecule has 10 heteroatoms. The molecule has 0 atom stereocenters. The summed E-state index contributed by atoms with van der Waals surface area (Å²) in [6.07, 6.45) is 1.18. The third-order valence-electron chi connectivity index (χ3n) is 5.17. The zero-order valence-corrected chi connectivity index (χ0v) is 17.8. The average molecular weight is 462 g/mol. The molecule has 0 unspecified atom stereocenters. The van der Waals surface area contributed by atoms with E-state index in [4.69, 9.17) is 0 Å². The quantitative estimate of drug-likeness (QED) is 0.493. The maximum absolute atomic E-state index is 14.6. The molecule has 0 radical (unpaired) electrons. The Balaban J connectivity index is 1.51. The first kappa shape index (κ1) is 22.1. The van der Waals surface area contributed by atoms with Crippen LogP contribution in [0.3, 0.4) is 0 Å². The fourth-order valence-electron chi connectivity index (χ4n) is 3.43. The van der Waals surface area contributed by atoms with Gasteiger partial charge in [0.25, 0.3) is 10.0 Å². The Kier molecular flexibility index (Phi) is 6.33. The van der Waals surface area contributed by atoms with Gasteiger partial charge in [0.2, 0.25) is 5.95 Å². The number of rotatable bonds is 8. The van der Waals surface area contributed by atoms with E-state index in [1.54, 1.807) is 0 Å². The zero-order valence-electron chi connectivity index (χ0n) is 17.0. The molecule has 32 heavy (non-hydrogen) atoms. The van der Waals surface area contributed by atoms with E-state index in [-0.39, 0.29) is 11.5 Å². The number of pyridine rings is 1. The van der Waals surface area contributed by atoms with E-state index in [9.17, 15) is 21.6 Å². The summed E-state index contributed by atoms with van der Waals surface area (Å²) in [7, 11) is -4.65. The fraction of sp³-hybridized carbons (Fsp3) is 0.227. The van der Waals surface area contributed by atoms with Gasteiger partial charge < -0.3 is 5.32 Å². The van der Waals surface area contributed by atoms with Crippen LogP contribution in [0.2, 0.25) is 0 Å². The van der Waals surface area contributed by atoms with Crippen molar-refractivity contribution in [1.29, 1.82) is 0 Å². The highest BCUT2D eigenvalue weighted by Gasteiger charge is 2.26. The van der Waals surface area contributed by atoms with E-state index in [1.807, 2.05) is 29.0 Å². The van der Waals surface area contributed by atoms with Crippen LogP contribution in [0.25, 0.3) is 0 Å². The van der Waals surface area contributed by atoms with Crippen molar-refractivity contribution < 1.29 is 21.6 Å². The van der Waals surface area contributed by atoms with Gasteiger partial charge in [-0.15, -0.1) is 0 Å². The Morgan fingerprint density at radius 1 is 0.938 bits per heavy atom. The monoisotopic (exact) mass is 462 g/mol. The van der Waals surface area contributed by atoms with Gasteiger partial charge in [-0.1, -0.05) is 30.3 Å². The largest absolute Gasteiger partial charge is 0.381 e. The molecular weight excluding hydrogens is 441 g/mol. The maximum Gasteiger partial charge on any atom is 0.268 e. The second-order valence-corrected chi connectivity index (χ2v) is 9.09. The van der Waals surface area contributed by atoms with Crippen molar-refractivity contribution in [3.63, 3.8) is 0 Å². The molecule has 3 aromatic rings. The van der Waals surface area contributed by atoms with Crippen molar-refractivity contribution in [2.75, 3.05) is 23.1 Å². The van der Waals surface area contributed by atoms with Gasteiger partial charge in [-0.3, -0.25) is 9.62 Å². The first-order valence-electron chi connectivity index (χ1n) is 9.99. The number of benzene rings is 2. The lowest BCUT2D eigenvalue weighted by Gasteiger charge is -2.31. The molecule has 0 aliphatic carbocycles. The molecule has 168 valence electrons. The summed E-state index contributed by atoms with van der Waals surface area (Å²) in [5, 5.41) is 2.95. The first-order valence-corrected chi connectivity index (χ1v) is 11.5. The second kappa shape index (κ2) is 9.17. The lowest BCUT2D eigenvalue weighted by Crippen LogP contribution is -2.36. The van der Waals surface area contributed by atoms with Gasteiger partial charge in [0.05, 0.1) is 0 Å². The minimum atomic E-state index is -4.65. The van der Waals surface area contributed by atoms with E-state index in [0.717, 1.165) is 49.0 Å². The van der Waals surface area contributed by atoms with Gasteiger partial charge in [-0.05, 0) is 54.9 Å². The van der Waals surface area contributed by atoms with Crippen molar-refractivity contribution >= 4 is 21.5 Å². The highest BCUT2D eigenvalue weighted by atomic mass is 32.2. The maximum atomic E-state index is 14.6.